The lowest BCUT2D eigenvalue weighted by Gasteiger charge is -2.20. The molecule has 0 spiro atoms. The fourth-order valence-corrected chi connectivity index (χ4v) is 2.80. The molecule has 0 aliphatic heterocycles. The minimum Gasteiger partial charge on any atom is -0.480 e. The maximum Gasteiger partial charge on any atom is 0.323 e. The second-order valence-corrected chi connectivity index (χ2v) is 6.02. The van der Waals surface area contributed by atoms with Gasteiger partial charge in [-0.2, -0.15) is 0 Å². The van der Waals surface area contributed by atoms with Gasteiger partial charge >= 0.3 is 5.97 Å². The largest absolute Gasteiger partial charge is 0.480 e. The van der Waals surface area contributed by atoms with Gasteiger partial charge in [0.15, 0.2) is 0 Å². The number of thiophene rings is 1. The number of carbonyl (C=O) groups is 2. The molecule has 4 nitrogen and oxygen atoms in total. The number of halogens is 2. The molecule has 0 atom stereocenters. The molecule has 0 saturated carbocycles. The van der Waals surface area contributed by atoms with Crippen LogP contribution in [0.4, 0.5) is 5.69 Å². The molecule has 1 amide bonds. The average molecular weight is 330 g/mol. The van der Waals surface area contributed by atoms with Gasteiger partial charge in [0.25, 0.3) is 5.91 Å². The number of carboxylic acids is 1. The molecule has 0 aliphatic rings. The van der Waals surface area contributed by atoms with E-state index < -0.39 is 18.4 Å². The van der Waals surface area contributed by atoms with Gasteiger partial charge in [0.05, 0.1) is 9.21 Å². The molecule has 2 rings (SSSR count). The van der Waals surface area contributed by atoms with Crippen molar-refractivity contribution in [3.63, 3.8) is 0 Å². The molecule has 0 aliphatic carbocycles. The highest BCUT2D eigenvalue weighted by Gasteiger charge is 2.22. The van der Waals surface area contributed by atoms with Crippen LogP contribution in [0.2, 0.25) is 9.36 Å². The Morgan fingerprint density at radius 2 is 1.95 bits per heavy atom. The molecule has 104 valence electrons. The topological polar surface area (TPSA) is 57.6 Å². The van der Waals surface area contributed by atoms with E-state index in [2.05, 4.69) is 0 Å². The number of carboxylic acid groups (broad SMARTS) is 1. The lowest BCUT2D eigenvalue weighted by atomic mass is 10.2. The highest BCUT2D eigenvalue weighted by atomic mass is 35.5. The molecule has 1 aromatic heterocycles. The summed E-state index contributed by atoms with van der Waals surface area (Å²) in [5, 5.41) is 9.39. The van der Waals surface area contributed by atoms with Crippen molar-refractivity contribution >= 4 is 52.1 Å². The standard InChI is InChI=1S/C13H9Cl2NO3S/c14-8-2-1-3-9(6-8)16(7-12(17)18)13(19)10-4-5-11(15)20-10/h1-6H,7H2,(H,17,18). The number of benzene rings is 1. The number of hydrogen-bond acceptors (Lipinski definition) is 3. The molecule has 0 unspecified atom stereocenters. The smallest absolute Gasteiger partial charge is 0.323 e. The summed E-state index contributed by atoms with van der Waals surface area (Å²) in [6.07, 6.45) is 0. The third-order valence-corrected chi connectivity index (χ3v) is 3.90. The van der Waals surface area contributed by atoms with E-state index in [0.29, 0.717) is 19.9 Å². The van der Waals surface area contributed by atoms with Crippen LogP contribution in [0.3, 0.4) is 0 Å². The van der Waals surface area contributed by atoms with Crippen LogP contribution in [-0.4, -0.2) is 23.5 Å². The van der Waals surface area contributed by atoms with Crippen LogP contribution in [0.25, 0.3) is 0 Å². The fourth-order valence-electron chi connectivity index (χ4n) is 1.62. The zero-order chi connectivity index (χ0) is 14.7. The van der Waals surface area contributed by atoms with Gasteiger partial charge in [-0.3, -0.25) is 14.5 Å². The van der Waals surface area contributed by atoms with Crippen LogP contribution in [0.5, 0.6) is 0 Å². The number of aliphatic carboxylic acids is 1. The van der Waals surface area contributed by atoms with Crippen molar-refractivity contribution in [1.29, 1.82) is 0 Å². The number of nitrogens with zero attached hydrogens (tertiary/aromatic N) is 1. The van der Waals surface area contributed by atoms with Crippen LogP contribution in [-0.2, 0) is 4.79 Å². The first-order chi connectivity index (χ1) is 9.47. The third-order valence-electron chi connectivity index (χ3n) is 2.44. The monoisotopic (exact) mass is 329 g/mol. The molecule has 1 heterocycles. The zero-order valence-electron chi connectivity index (χ0n) is 10.0. The summed E-state index contributed by atoms with van der Waals surface area (Å²) in [6, 6.07) is 9.63. The first-order valence-corrected chi connectivity index (χ1v) is 7.09. The Morgan fingerprint density at radius 3 is 2.50 bits per heavy atom. The Morgan fingerprint density at radius 1 is 1.20 bits per heavy atom. The Kier molecular flexibility index (Phi) is 4.65. The summed E-state index contributed by atoms with van der Waals surface area (Å²) in [5.74, 6) is -1.53. The van der Waals surface area contributed by atoms with Crippen molar-refractivity contribution in [2.75, 3.05) is 11.4 Å². The average Bonchev–Trinajstić information content (AvgIpc) is 2.81. The zero-order valence-corrected chi connectivity index (χ0v) is 12.4. The summed E-state index contributed by atoms with van der Waals surface area (Å²) in [4.78, 5) is 24.9. The van der Waals surface area contributed by atoms with Crippen LogP contribution >= 0.6 is 34.5 Å². The molecular formula is C13H9Cl2NO3S. The summed E-state index contributed by atoms with van der Waals surface area (Å²) in [5.41, 5.74) is 0.425. The molecule has 1 N–H and O–H groups in total. The molecule has 0 bridgehead atoms. The highest BCUT2D eigenvalue weighted by Crippen LogP contribution is 2.26. The Labute approximate surface area is 129 Å². The van der Waals surface area contributed by atoms with Crippen molar-refractivity contribution in [2.24, 2.45) is 0 Å². The molecule has 7 heteroatoms. The van der Waals surface area contributed by atoms with E-state index >= 15 is 0 Å². The number of anilines is 1. The van der Waals surface area contributed by atoms with E-state index in [1.54, 1.807) is 30.3 Å². The van der Waals surface area contributed by atoms with E-state index in [1.165, 1.54) is 6.07 Å². The van der Waals surface area contributed by atoms with Gasteiger partial charge in [-0.25, -0.2) is 0 Å². The van der Waals surface area contributed by atoms with Gasteiger partial charge in [0.2, 0.25) is 0 Å². The third kappa shape index (κ3) is 3.50. The fraction of sp³-hybridized carbons (Fsp3) is 0.0769. The number of hydrogen-bond donors (Lipinski definition) is 1. The summed E-state index contributed by atoms with van der Waals surface area (Å²) < 4.78 is 0.467. The first kappa shape index (κ1) is 14.8. The van der Waals surface area contributed by atoms with Gasteiger partial charge in [0, 0.05) is 10.7 Å². The summed E-state index contributed by atoms with van der Waals surface area (Å²) in [6.45, 7) is -0.450. The number of rotatable bonds is 4. The van der Waals surface area contributed by atoms with Crippen molar-refractivity contribution in [3.05, 3.63) is 50.6 Å². The van der Waals surface area contributed by atoms with Gasteiger partial charge in [-0.15, -0.1) is 11.3 Å². The molecule has 2 aromatic rings. The van der Waals surface area contributed by atoms with Gasteiger partial charge in [0.1, 0.15) is 6.54 Å². The van der Waals surface area contributed by atoms with E-state index in [0.717, 1.165) is 16.2 Å². The Balaban J connectivity index is 2.37. The quantitative estimate of drug-likeness (QED) is 0.928. The Bertz CT molecular complexity index is 657. The van der Waals surface area contributed by atoms with Gasteiger partial charge in [-0.05, 0) is 30.3 Å². The minimum atomic E-state index is -1.11. The second-order valence-electron chi connectivity index (χ2n) is 3.87. The molecule has 0 radical (unpaired) electrons. The second kappa shape index (κ2) is 6.26. The molecule has 1 aromatic carbocycles. The molecule has 0 saturated heterocycles. The SMILES string of the molecule is O=C(O)CN(C(=O)c1ccc(Cl)s1)c1cccc(Cl)c1. The highest BCUT2D eigenvalue weighted by molar-refractivity contribution is 7.18. The predicted octanol–water partition coefficient (Wildman–Crippen LogP) is 3.79. The molecular weight excluding hydrogens is 321 g/mol. The normalized spacial score (nSPS) is 10.3. The van der Waals surface area contributed by atoms with Crippen molar-refractivity contribution in [1.82, 2.24) is 0 Å². The van der Waals surface area contributed by atoms with E-state index in [9.17, 15) is 9.59 Å². The van der Waals surface area contributed by atoms with Crippen molar-refractivity contribution in [2.45, 2.75) is 0 Å². The van der Waals surface area contributed by atoms with Crippen LogP contribution in [0.1, 0.15) is 9.67 Å². The maximum absolute atomic E-state index is 12.4. The van der Waals surface area contributed by atoms with Crippen LogP contribution in [0, 0.1) is 0 Å². The number of amides is 1. The van der Waals surface area contributed by atoms with Gasteiger partial charge < -0.3 is 5.11 Å². The summed E-state index contributed by atoms with van der Waals surface area (Å²) >= 11 is 12.8. The maximum atomic E-state index is 12.4. The van der Waals surface area contributed by atoms with Crippen molar-refractivity contribution in [3.8, 4) is 0 Å². The van der Waals surface area contributed by atoms with E-state index in [-0.39, 0.29) is 0 Å². The van der Waals surface area contributed by atoms with Crippen LogP contribution < -0.4 is 4.90 Å². The Hall–Kier alpha value is -1.56. The van der Waals surface area contributed by atoms with E-state index in [1.807, 2.05) is 0 Å². The first-order valence-electron chi connectivity index (χ1n) is 5.52. The minimum absolute atomic E-state index is 0.372. The molecule has 0 fully saturated rings. The van der Waals surface area contributed by atoms with E-state index in [4.69, 9.17) is 28.3 Å². The summed E-state index contributed by atoms with van der Waals surface area (Å²) in [7, 11) is 0. The van der Waals surface area contributed by atoms with Crippen LogP contribution in [0.15, 0.2) is 36.4 Å². The molecule has 20 heavy (non-hydrogen) atoms. The lowest BCUT2D eigenvalue weighted by Crippen LogP contribution is -2.35. The van der Waals surface area contributed by atoms with Gasteiger partial charge in [-0.1, -0.05) is 29.3 Å². The lowest BCUT2D eigenvalue weighted by molar-refractivity contribution is -0.135. The van der Waals surface area contributed by atoms with Crippen molar-refractivity contribution < 1.29 is 14.7 Å². The predicted molar refractivity (Wildman–Crippen MR) is 80.1 cm³/mol. The number of carbonyl (C=O) groups excluding carboxylic acids is 1.